The Morgan fingerprint density at radius 1 is 1.35 bits per heavy atom. The van der Waals surface area contributed by atoms with Crippen molar-refractivity contribution in [2.24, 2.45) is 5.92 Å². The average Bonchev–Trinajstić information content (AvgIpc) is 2.87. The third-order valence-corrected chi connectivity index (χ3v) is 5.64. The summed E-state index contributed by atoms with van der Waals surface area (Å²) < 4.78 is 0. The molecule has 5 nitrogen and oxygen atoms in total. The Labute approximate surface area is 123 Å². The number of nitrogens with zero attached hydrogens (tertiary/aromatic N) is 2. The first-order chi connectivity index (χ1) is 9.70. The molecular weight excluding hydrogens is 272 g/mol. The molecule has 0 radical (unpaired) electrons. The lowest BCUT2D eigenvalue weighted by Crippen LogP contribution is -2.49. The SMILES string of the molecule is CNc1nc(N)c(C(=O)N2CCCC3CCCCC32)s1. The van der Waals surface area contributed by atoms with Gasteiger partial charge in [0, 0.05) is 19.6 Å². The van der Waals surface area contributed by atoms with Crippen LogP contribution in [-0.2, 0) is 0 Å². The molecule has 0 bridgehead atoms. The normalized spacial score (nSPS) is 26.1. The number of anilines is 2. The zero-order valence-electron chi connectivity index (χ0n) is 11.9. The fourth-order valence-electron chi connectivity index (χ4n) is 3.60. The maximum atomic E-state index is 12.8. The molecule has 3 rings (SSSR count). The lowest BCUT2D eigenvalue weighted by atomic mass is 9.78. The molecule has 2 heterocycles. The molecule has 3 N–H and O–H groups in total. The maximum absolute atomic E-state index is 12.8. The Morgan fingerprint density at radius 3 is 2.85 bits per heavy atom. The summed E-state index contributed by atoms with van der Waals surface area (Å²) in [6, 6.07) is 0.421. The number of piperidine rings is 1. The molecule has 2 unspecified atom stereocenters. The second-order valence-electron chi connectivity index (χ2n) is 5.74. The second-order valence-corrected chi connectivity index (χ2v) is 6.74. The number of aromatic nitrogens is 1. The number of hydrogen-bond acceptors (Lipinski definition) is 5. The van der Waals surface area contributed by atoms with Crippen LogP contribution in [0.3, 0.4) is 0 Å². The summed E-state index contributed by atoms with van der Waals surface area (Å²) in [4.78, 5) is 19.6. The van der Waals surface area contributed by atoms with Crippen molar-refractivity contribution in [1.82, 2.24) is 9.88 Å². The van der Waals surface area contributed by atoms with Crippen LogP contribution in [0, 0.1) is 5.92 Å². The van der Waals surface area contributed by atoms with E-state index in [-0.39, 0.29) is 5.91 Å². The van der Waals surface area contributed by atoms with E-state index in [2.05, 4.69) is 15.2 Å². The Morgan fingerprint density at radius 2 is 2.10 bits per heavy atom. The summed E-state index contributed by atoms with van der Waals surface area (Å²) in [5.74, 6) is 1.14. The summed E-state index contributed by atoms with van der Waals surface area (Å²) >= 11 is 1.36. The Bertz CT molecular complexity index is 499. The van der Waals surface area contributed by atoms with Crippen LogP contribution in [0.4, 0.5) is 10.9 Å². The van der Waals surface area contributed by atoms with E-state index in [9.17, 15) is 4.79 Å². The molecular formula is C14H22N4OS. The fourth-order valence-corrected chi connectivity index (χ4v) is 4.39. The monoisotopic (exact) mass is 294 g/mol. The van der Waals surface area contributed by atoms with Crippen molar-refractivity contribution in [2.45, 2.75) is 44.6 Å². The zero-order valence-corrected chi connectivity index (χ0v) is 12.7. The molecule has 1 saturated carbocycles. The number of carbonyl (C=O) groups excluding carboxylic acids is 1. The molecule has 0 spiro atoms. The molecule has 1 saturated heterocycles. The summed E-state index contributed by atoms with van der Waals surface area (Å²) in [7, 11) is 1.80. The fraction of sp³-hybridized carbons (Fsp3) is 0.714. The van der Waals surface area contributed by atoms with Crippen LogP contribution in [0.25, 0.3) is 0 Å². The number of hydrogen-bond donors (Lipinski definition) is 2. The molecule has 1 aromatic rings. The van der Waals surface area contributed by atoms with Crippen LogP contribution < -0.4 is 11.1 Å². The smallest absolute Gasteiger partial charge is 0.268 e. The minimum Gasteiger partial charge on any atom is -0.382 e. The maximum Gasteiger partial charge on any atom is 0.268 e. The van der Waals surface area contributed by atoms with Crippen LogP contribution in [-0.4, -0.2) is 35.4 Å². The summed E-state index contributed by atoms with van der Waals surface area (Å²) in [6.07, 6.45) is 7.36. The molecule has 6 heteroatoms. The highest BCUT2D eigenvalue weighted by atomic mass is 32.1. The van der Waals surface area contributed by atoms with Crippen LogP contribution in [0.2, 0.25) is 0 Å². The summed E-state index contributed by atoms with van der Waals surface area (Å²) in [6.45, 7) is 0.867. The van der Waals surface area contributed by atoms with Gasteiger partial charge in [-0.05, 0) is 31.6 Å². The zero-order chi connectivity index (χ0) is 14.1. The molecule has 20 heavy (non-hydrogen) atoms. The highest BCUT2D eigenvalue weighted by Crippen LogP contribution is 2.37. The van der Waals surface area contributed by atoms with Crippen LogP contribution in [0.15, 0.2) is 0 Å². The van der Waals surface area contributed by atoms with Crippen molar-refractivity contribution < 1.29 is 4.79 Å². The van der Waals surface area contributed by atoms with Crippen molar-refractivity contribution in [3.63, 3.8) is 0 Å². The van der Waals surface area contributed by atoms with Gasteiger partial charge in [0.2, 0.25) is 0 Å². The molecule has 2 atom stereocenters. The van der Waals surface area contributed by atoms with Gasteiger partial charge in [-0.3, -0.25) is 4.79 Å². The average molecular weight is 294 g/mol. The molecule has 1 aliphatic carbocycles. The molecule has 1 aliphatic heterocycles. The number of fused-ring (bicyclic) bond motifs is 1. The van der Waals surface area contributed by atoms with E-state index < -0.39 is 0 Å². The van der Waals surface area contributed by atoms with Gasteiger partial charge >= 0.3 is 0 Å². The number of rotatable bonds is 2. The molecule has 1 aromatic heterocycles. The first-order valence-electron chi connectivity index (χ1n) is 7.45. The Kier molecular flexibility index (Phi) is 3.83. The van der Waals surface area contributed by atoms with Crippen LogP contribution in [0.1, 0.15) is 48.2 Å². The number of likely N-dealkylation sites (tertiary alicyclic amines) is 1. The highest BCUT2D eigenvalue weighted by Gasteiger charge is 2.37. The number of thiazole rings is 1. The van der Waals surface area contributed by atoms with Crippen LogP contribution in [0.5, 0.6) is 0 Å². The van der Waals surface area contributed by atoms with E-state index in [4.69, 9.17) is 5.73 Å². The number of amides is 1. The van der Waals surface area contributed by atoms with Crippen molar-refractivity contribution in [2.75, 3.05) is 24.6 Å². The van der Waals surface area contributed by atoms with Crippen molar-refractivity contribution >= 4 is 28.2 Å². The third-order valence-electron chi connectivity index (χ3n) is 4.57. The van der Waals surface area contributed by atoms with E-state index in [1.807, 2.05) is 0 Å². The Hall–Kier alpha value is -1.30. The molecule has 2 fully saturated rings. The van der Waals surface area contributed by atoms with Gasteiger partial charge in [0.25, 0.3) is 5.91 Å². The van der Waals surface area contributed by atoms with Gasteiger partial charge in [-0.15, -0.1) is 0 Å². The predicted molar refractivity (Wildman–Crippen MR) is 82.1 cm³/mol. The summed E-state index contributed by atoms with van der Waals surface area (Å²) in [5, 5.41) is 3.67. The van der Waals surface area contributed by atoms with Gasteiger partial charge in [-0.1, -0.05) is 24.2 Å². The van der Waals surface area contributed by atoms with Gasteiger partial charge in [0.05, 0.1) is 0 Å². The number of carbonyl (C=O) groups is 1. The third kappa shape index (κ3) is 2.37. The minimum atomic E-state index is 0.0816. The number of nitrogen functional groups attached to an aromatic ring is 1. The standard InChI is InChI=1S/C14H22N4OS/c1-16-14-17-12(15)11(20-14)13(19)18-8-4-6-9-5-2-3-7-10(9)18/h9-10H,2-8,15H2,1H3,(H,16,17). The molecule has 0 aromatic carbocycles. The molecule has 2 aliphatic rings. The van der Waals surface area contributed by atoms with Crippen LogP contribution >= 0.6 is 11.3 Å². The lowest BCUT2D eigenvalue weighted by molar-refractivity contribution is 0.0396. The predicted octanol–water partition coefficient (Wildman–Crippen LogP) is 2.56. The van der Waals surface area contributed by atoms with Crippen molar-refractivity contribution in [3.05, 3.63) is 4.88 Å². The van der Waals surface area contributed by atoms with Gasteiger partial charge in [0.1, 0.15) is 10.7 Å². The minimum absolute atomic E-state index is 0.0816. The lowest BCUT2D eigenvalue weighted by Gasteiger charge is -2.44. The second kappa shape index (κ2) is 5.60. The van der Waals surface area contributed by atoms with Crippen molar-refractivity contribution in [3.8, 4) is 0 Å². The van der Waals surface area contributed by atoms with E-state index in [0.717, 1.165) is 19.4 Å². The van der Waals surface area contributed by atoms with Gasteiger partial charge in [-0.2, -0.15) is 0 Å². The van der Waals surface area contributed by atoms with E-state index >= 15 is 0 Å². The van der Waals surface area contributed by atoms with Gasteiger partial charge in [-0.25, -0.2) is 4.98 Å². The first-order valence-corrected chi connectivity index (χ1v) is 8.27. The highest BCUT2D eigenvalue weighted by molar-refractivity contribution is 7.18. The quantitative estimate of drug-likeness (QED) is 0.879. The number of nitrogens with two attached hydrogens (primary N) is 1. The largest absolute Gasteiger partial charge is 0.382 e. The van der Waals surface area contributed by atoms with Gasteiger partial charge in [0.15, 0.2) is 5.13 Å². The number of nitrogens with one attached hydrogen (secondary N) is 1. The molecule has 1 amide bonds. The van der Waals surface area contributed by atoms with E-state index in [0.29, 0.717) is 27.8 Å². The topological polar surface area (TPSA) is 71.2 Å². The van der Waals surface area contributed by atoms with E-state index in [1.54, 1.807) is 7.05 Å². The Balaban J connectivity index is 1.83. The van der Waals surface area contributed by atoms with Gasteiger partial charge < -0.3 is 16.0 Å². The van der Waals surface area contributed by atoms with E-state index in [1.165, 1.54) is 37.0 Å². The summed E-state index contributed by atoms with van der Waals surface area (Å²) in [5.41, 5.74) is 5.90. The first kappa shape index (κ1) is 13.7. The molecule has 110 valence electrons. The van der Waals surface area contributed by atoms with Crippen molar-refractivity contribution in [1.29, 1.82) is 0 Å².